The number of carbonyl (C=O) groups is 2. The molecule has 0 saturated carbocycles. The molecular formula is C54H40N2O2. The van der Waals surface area contributed by atoms with E-state index in [1.807, 2.05) is 48.5 Å². The molecule has 1 aliphatic rings. The van der Waals surface area contributed by atoms with Crippen LogP contribution in [0.4, 0.5) is 17.1 Å². The minimum absolute atomic E-state index is 0.0337. The van der Waals surface area contributed by atoms with Gasteiger partial charge in [0.05, 0.1) is 11.0 Å². The lowest BCUT2D eigenvalue weighted by atomic mass is 9.82. The largest absolute Gasteiger partial charge is 0.310 e. The molecule has 4 nitrogen and oxygen atoms in total. The summed E-state index contributed by atoms with van der Waals surface area (Å²) in [6.45, 7) is 6.24. The molecule has 4 heteroatoms. The van der Waals surface area contributed by atoms with Crippen molar-refractivity contribution in [1.82, 2.24) is 4.57 Å². The van der Waals surface area contributed by atoms with Gasteiger partial charge >= 0.3 is 0 Å². The predicted molar refractivity (Wildman–Crippen MR) is 239 cm³/mol. The summed E-state index contributed by atoms with van der Waals surface area (Å²) in [6.07, 6.45) is 0.897. The monoisotopic (exact) mass is 748 g/mol. The zero-order valence-corrected chi connectivity index (χ0v) is 32.6. The molecule has 1 aliphatic carbocycles. The van der Waals surface area contributed by atoms with Crippen LogP contribution in [0.15, 0.2) is 182 Å². The van der Waals surface area contributed by atoms with Gasteiger partial charge in [-0.2, -0.15) is 0 Å². The van der Waals surface area contributed by atoms with Gasteiger partial charge in [0.2, 0.25) is 0 Å². The first kappa shape index (κ1) is 35.1. The highest BCUT2D eigenvalue weighted by Gasteiger charge is 2.35. The number of aromatic nitrogens is 1. The van der Waals surface area contributed by atoms with Crippen LogP contribution in [-0.2, 0) is 5.41 Å². The maximum absolute atomic E-state index is 12.0. The third kappa shape index (κ3) is 5.76. The molecule has 0 bridgehead atoms. The molecule has 0 saturated heterocycles. The van der Waals surface area contributed by atoms with Crippen molar-refractivity contribution in [2.24, 2.45) is 0 Å². The van der Waals surface area contributed by atoms with E-state index in [4.69, 9.17) is 0 Å². The van der Waals surface area contributed by atoms with E-state index < -0.39 is 0 Å². The SMILES string of the molecule is CC(=O)c1ccc(-n2c3ccc(C=O)cc3c3cc(-c4ccc(N(c5ccc(-c6ccccc6)cc5)c5ccc6c(c5)C(C)(C)c5ccccc5-6)cc4)ccc32)cc1. The summed E-state index contributed by atoms with van der Waals surface area (Å²) in [5.74, 6) is 0.0337. The quantitative estimate of drug-likeness (QED) is 0.115. The fourth-order valence-corrected chi connectivity index (χ4v) is 8.93. The van der Waals surface area contributed by atoms with Crippen molar-refractivity contribution in [3.8, 4) is 39.1 Å². The lowest BCUT2D eigenvalue weighted by Gasteiger charge is -2.28. The lowest BCUT2D eigenvalue weighted by molar-refractivity contribution is 0.101. The van der Waals surface area contributed by atoms with Crippen LogP contribution in [0, 0.1) is 0 Å². The van der Waals surface area contributed by atoms with Crippen molar-refractivity contribution in [3.63, 3.8) is 0 Å². The van der Waals surface area contributed by atoms with Crippen LogP contribution in [0.3, 0.4) is 0 Å². The Bertz CT molecular complexity index is 3050. The maximum Gasteiger partial charge on any atom is 0.159 e. The van der Waals surface area contributed by atoms with E-state index in [1.54, 1.807) is 6.92 Å². The first-order chi connectivity index (χ1) is 28.3. The highest BCUT2D eigenvalue weighted by atomic mass is 16.1. The molecule has 0 N–H and O–H groups in total. The standard InChI is InChI=1S/C54H40N2O2/c1-35(58)37-14-21-44(22-15-37)56-52-29-13-36(34-57)31-48(52)49-32-41(20-30-53(49)56)40-18-25-43(26-19-40)55(42-23-16-39(17-24-42)38-9-5-4-6-10-38)45-27-28-47-46-11-7-8-12-50(46)54(2,3)51(47)33-45/h4-34H,1-3H3. The summed E-state index contributed by atoms with van der Waals surface area (Å²) < 4.78 is 2.20. The molecule has 8 aromatic carbocycles. The van der Waals surface area contributed by atoms with Gasteiger partial charge in [0.15, 0.2) is 5.78 Å². The molecule has 0 aliphatic heterocycles. The molecule has 278 valence electrons. The number of rotatable bonds is 8. The Balaban J connectivity index is 1.07. The van der Waals surface area contributed by atoms with E-state index in [0.717, 1.165) is 62.0 Å². The second-order valence-corrected chi connectivity index (χ2v) is 15.8. The van der Waals surface area contributed by atoms with Crippen molar-refractivity contribution < 1.29 is 9.59 Å². The highest BCUT2D eigenvalue weighted by Crippen LogP contribution is 2.50. The van der Waals surface area contributed by atoms with E-state index in [9.17, 15) is 9.59 Å². The van der Waals surface area contributed by atoms with E-state index in [-0.39, 0.29) is 11.2 Å². The third-order valence-corrected chi connectivity index (χ3v) is 12.0. The van der Waals surface area contributed by atoms with Gasteiger partial charge in [0.25, 0.3) is 0 Å². The van der Waals surface area contributed by atoms with Gasteiger partial charge in [-0.3, -0.25) is 9.59 Å². The second kappa shape index (κ2) is 13.7. The number of anilines is 3. The molecule has 0 amide bonds. The first-order valence-corrected chi connectivity index (χ1v) is 19.7. The summed E-state index contributed by atoms with van der Waals surface area (Å²) in [7, 11) is 0. The van der Waals surface area contributed by atoms with Crippen molar-refractivity contribution in [2.75, 3.05) is 4.90 Å². The Morgan fingerprint density at radius 1 is 0.517 bits per heavy atom. The molecule has 0 fully saturated rings. The van der Waals surface area contributed by atoms with Gasteiger partial charge in [-0.15, -0.1) is 0 Å². The lowest BCUT2D eigenvalue weighted by Crippen LogP contribution is -2.16. The Kier molecular flexibility index (Phi) is 8.31. The average molecular weight is 749 g/mol. The molecule has 1 aromatic heterocycles. The number of hydrogen-bond acceptors (Lipinski definition) is 3. The normalized spacial score (nSPS) is 12.7. The summed E-state index contributed by atoms with van der Waals surface area (Å²) in [4.78, 5) is 26.3. The Labute approximate surface area is 338 Å². The predicted octanol–water partition coefficient (Wildman–Crippen LogP) is 13.9. The van der Waals surface area contributed by atoms with Gasteiger partial charge in [0, 0.05) is 50.1 Å². The van der Waals surface area contributed by atoms with E-state index in [1.165, 1.54) is 33.4 Å². The van der Waals surface area contributed by atoms with Crippen LogP contribution in [0.1, 0.15) is 52.6 Å². The zero-order chi connectivity index (χ0) is 39.5. The Morgan fingerprint density at radius 3 is 1.74 bits per heavy atom. The van der Waals surface area contributed by atoms with Gasteiger partial charge < -0.3 is 9.47 Å². The Hall–Kier alpha value is -7.30. The molecular weight excluding hydrogens is 709 g/mol. The number of benzene rings is 8. The van der Waals surface area contributed by atoms with Crippen molar-refractivity contribution >= 4 is 50.9 Å². The summed E-state index contributed by atoms with van der Waals surface area (Å²) >= 11 is 0. The van der Waals surface area contributed by atoms with E-state index >= 15 is 0 Å². The van der Waals surface area contributed by atoms with Crippen LogP contribution in [-0.4, -0.2) is 16.6 Å². The molecule has 0 atom stereocenters. The fourth-order valence-electron chi connectivity index (χ4n) is 8.93. The molecule has 0 unspecified atom stereocenters. The number of hydrogen-bond donors (Lipinski definition) is 0. The average Bonchev–Trinajstić information content (AvgIpc) is 3.71. The second-order valence-electron chi connectivity index (χ2n) is 15.8. The molecule has 10 rings (SSSR count). The van der Waals surface area contributed by atoms with Gasteiger partial charge in [0.1, 0.15) is 6.29 Å². The van der Waals surface area contributed by atoms with Crippen LogP contribution >= 0.6 is 0 Å². The number of fused-ring (bicyclic) bond motifs is 6. The van der Waals surface area contributed by atoms with E-state index in [0.29, 0.717) is 11.1 Å². The zero-order valence-electron chi connectivity index (χ0n) is 32.6. The van der Waals surface area contributed by atoms with Gasteiger partial charge in [-0.1, -0.05) is 105 Å². The number of nitrogens with zero attached hydrogens (tertiary/aromatic N) is 2. The smallest absolute Gasteiger partial charge is 0.159 e. The molecule has 9 aromatic rings. The minimum Gasteiger partial charge on any atom is -0.310 e. The molecule has 0 spiro atoms. The van der Waals surface area contributed by atoms with Crippen molar-refractivity contribution in [3.05, 3.63) is 204 Å². The third-order valence-electron chi connectivity index (χ3n) is 12.0. The van der Waals surface area contributed by atoms with E-state index in [2.05, 4.69) is 157 Å². The number of aldehydes is 1. The van der Waals surface area contributed by atoms with Gasteiger partial charge in [-0.05, 0) is 142 Å². The first-order valence-electron chi connectivity index (χ1n) is 19.7. The van der Waals surface area contributed by atoms with Crippen LogP contribution < -0.4 is 4.90 Å². The van der Waals surface area contributed by atoms with Crippen LogP contribution in [0.2, 0.25) is 0 Å². The minimum atomic E-state index is -0.124. The van der Waals surface area contributed by atoms with Crippen LogP contribution in [0.25, 0.3) is 60.9 Å². The number of carbonyl (C=O) groups excluding carboxylic acids is 2. The Morgan fingerprint density at radius 2 is 1.07 bits per heavy atom. The summed E-state index contributed by atoms with van der Waals surface area (Å²) in [5.41, 5.74) is 17.2. The van der Waals surface area contributed by atoms with Gasteiger partial charge in [-0.25, -0.2) is 0 Å². The van der Waals surface area contributed by atoms with Crippen LogP contribution in [0.5, 0.6) is 0 Å². The summed E-state index contributed by atoms with van der Waals surface area (Å²) in [6, 6.07) is 63.9. The van der Waals surface area contributed by atoms with Crippen molar-refractivity contribution in [2.45, 2.75) is 26.2 Å². The maximum atomic E-state index is 12.0. The molecule has 58 heavy (non-hydrogen) atoms. The topological polar surface area (TPSA) is 42.3 Å². The summed E-state index contributed by atoms with van der Waals surface area (Å²) in [5, 5.41) is 2.05. The highest BCUT2D eigenvalue weighted by molar-refractivity contribution is 6.11. The number of ketones is 1. The number of Topliss-reactive ketones (excluding diaryl/α,β-unsaturated/α-hetero) is 1. The molecule has 0 radical (unpaired) electrons. The fraction of sp³-hybridized carbons (Fsp3) is 0.0741. The molecule has 1 heterocycles. The van der Waals surface area contributed by atoms with Crippen molar-refractivity contribution in [1.29, 1.82) is 0 Å².